The number of carboxylic acid groups (broad SMARTS) is 1. The number of rotatable bonds is 2. The van der Waals surface area contributed by atoms with Gasteiger partial charge in [-0.3, -0.25) is 9.59 Å². The van der Waals surface area contributed by atoms with Crippen molar-refractivity contribution >= 4 is 17.8 Å². The number of allylic oxidation sites excluding steroid dienone is 2. The highest BCUT2D eigenvalue weighted by molar-refractivity contribution is 5.96. The summed E-state index contributed by atoms with van der Waals surface area (Å²) in [6.45, 7) is 15.8. The molecule has 6 rings (SSSR count). The Hall–Kier alpha value is -2.20. The van der Waals surface area contributed by atoms with Gasteiger partial charge in [-0.05, 0) is 114 Å². The molecule has 0 unspecified atom stereocenters. The van der Waals surface area contributed by atoms with Crippen molar-refractivity contribution in [3.63, 3.8) is 0 Å². The highest BCUT2D eigenvalue weighted by atomic mass is 16.4. The second-order valence-electron chi connectivity index (χ2n) is 16.6. The van der Waals surface area contributed by atoms with Gasteiger partial charge >= 0.3 is 5.97 Å². The van der Waals surface area contributed by atoms with E-state index in [0.717, 1.165) is 49.7 Å². The van der Waals surface area contributed by atoms with Crippen molar-refractivity contribution in [2.45, 2.75) is 106 Å². The van der Waals surface area contributed by atoms with E-state index in [1.807, 2.05) is 31.2 Å². The van der Waals surface area contributed by atoms with E-state index in [2.05, 4.69) is 59.8 Å². The Kier molecular flexibility index (Phi) is 6.28. The lowest BCUT2D eigenvalue weighted by atomic mass is 9.33. The predicted molar refractivity (Wildman–Crippen MR) is 163 cm³/mol. The van der Waals surface area contributed by atoms with Crippen LogP contribution in [0.15, 0.2) is 47.6 Å². The average Bonchev–Trinajstić information content (AvgIpc) is 2.90. The molecule has 0 heterocycles. The first-order valence-corrected chi connectivity index (χ1v) is 15.9. The van der Waals surface area contributed by atoms with Crippen LogP contribution in [-0.2, 0) is 9.59 Å². The van der Waals surface area contributed by atoms with E-state index in [-0.39, 0.29) is 50.6 Å². The van der Waals surface area contributed by atoms with Gasteiger partial charge in [-0.15, -0.1) is 0 Å². The van der Waals surface area contributed by atoms with Gasteiger partial charge in [0.1, 0.15) is 0 Å². The minimum Gasteiger partial charge on any atom is -0.481 e. The summed E-state index contributed by atoms with van der Waals surface area (Å²) in [5, 5.41) is 21.9. The number of ketones is 1. The molecular formula is C37H50O4. The van der Waals surface area contributed by atoms with E-state index >= 15 is 0 Å². The summed E-state index contributed by atoms with van der Waals surface area (Å²) in [5.74, 6) is -0.233. The first kappa shape index (κ1) is 28.9. The quantitative estimate of drug-likeness (QED) is 0.384. The maximum Gasteiger partial charge on any atom is 0.309 e. The van der Waals surface area contributed by atoms with E-state index < -0.39 is 17.5 Å². The van der Waals surface area contributed by atoms with Crippen molar-refractivity contribution < 1.29 is 19.8 Å². The second kappa shape index (κ2) is 8.91. The minimum absolute atomic E-state index is 0.0490. The predicted octanol–water partition coefficient (Wildman–Crippen LogP) is 8.11. The van der Waals surface area contributed by atoms with E-state index in [9.17, 15) is 19.8 Å². The lowest BCUT2D eigenvalue weighted by Gasteiger charge is -2.70. The number of carboxylic acids is 1. The summed E-state index contributed by atoms with van der Waals surface area (Å²) in [5.41, 5.74) is 1.70. The largest absolute Gasteiger partial charge is 0.481 e. The minimum atomic E-state index is -0.742. The molecule has 5 aliphatic carbocycles. The molecule has 4 saturated carbocycles. The van der Waals surface area contributed by atoms with Crippen LogP contribution in [-0.4, -0.2) is 28.1 Å². The zero-order valence-electron chi connectivity index (χ0n) is 26.2. The van der Waals surface area contributed by atoms with Gasteiger partial charge in [-0.1, -0.05) is 83.5 Å². The Morgan fingerprint density at radius 1 is 0.927 bits per heavy atom. The third kappa shape index (κ3) is 3.81. The van der Waals surface area contributed by atoms with E-state index in [4.69, 9.17) is 0 Å². The number of benzene rings is 1. The maximum atomic E-state index is 14.6. The molecule has 0 aliphatic heterocycles. The molecule has 0 amide bonds. The highest BCUT2D eigenvalue weighted by Gasteiger charge is 2.70. The van der Waals surface area contributed by atoms with Crippen molar-refractivity contribution in [3.8, 4) is 0 Å². The van der Waals surface area contributed by atoms with Crippen LogP contribution < -0.4 is 0 Å². The van der Waals surface area contributed by atoms with Gasteiger partial charge in [0.25, 0.3) is 0 Å². The Morgan fingerprint density at radius 2 is 1.59 bits per heavy atom. The Balaban J connectivity index is 1.47. The normalized spacial score (nSPS) is 47.9. The average molecular weight is 559 g/mol. The lowest BCUT2D eigenvalue weighted by Crippen LogP contribution is -2.67. The van der Waals surface area contributed by atoms with Gasteiger partial charge in [-0.25, -0.2) is 0 Å². The molecule has 1 aromatic rings. The molecule has 2 N–H and O–H groups in total. The smallest absolute Gasteiger partial charge is 0.309 e. The summed E-state index contributed by atoms with van der Waals surface area (Å²) in [4.78, 5) is 27.0. The lowest BCUT2D eigenvalue weighted by molar-refractivity contribution is -0.191. The van der Waals surface area contributed by atoms with Crippen LogP contribution in [0.3, 0.4) is 0 Å². The first-order valence-electron chi connectivity index (χ1n) is 15.9. The number of aliphatic hydroxyl groups excluding tert-OH is 1. The van der Waals surface area contributed by atoms with Gasteiger partial charge < -0.3 is 10.2 Å². The zero-order valence-corrected chi connectivity index (χ0v) is 26.2. The summed E-state index contributed by atoms with van der Waals surface area (Å²) in [6.07, 6.45) is 10.7. The van der Waals surface area contributed by atoms with Crippen LogP contribution in [0.5, 0.6) is 0 Å². The molecule has 4 fully saturated rings. The molecule has 222 valence electrons. The van der Waals surface area contributed by atoms with Crippen LogP contribution in [0.1, 0.15) is 105 Å². The van der Waals surface area contributed by atoms with Gasteiger partial charge in [0.2, 0.25) is 0 Å². The van der Waals surface area contributed by atoms with Crippen LogP contribution in [0, 0.1) is 50.2 Å². The van der Waals surface area contributed by atoms with Gasteiger partial charge in [0, 0.05) is 5.92 Å². The molecule has 0 aromatic heterocycles. The molecule has 0 radical (unpaired) electrons. The third-order valence-electron chi connectivity index (χ3n) is 14.0. The molecule has 1 aromatic carbocycles. The molecule has 0 bridgehead atoms. The molecule has 0 saturated heterocycles. The number of carbonyl (C=O) groups is 2. The summed E-state index contributed by atoms with van der Waals surface area (Å²) in [7, 11) is 0. The van der Waals surface area contributed by atoms with Crippen LogP contribution in [0.25, 0.3) is 6.08 Å². The number of hydrogen-bond acceptors (Lipinski definition) is 3. The molecule has 5 aliphatic rings. The Labute approximate surface area is 246 Å². The fourth-order valence-corrected chi connectivity index (χ4v) is 11.3. The summed E-state index contributed by atoms with van der Waals surface area (Å²) < 4.78 is 0. The SMILES string of the molecule is CC1(C)[C@@H](O)/C(=C/c2ccccc2)C[C@]2(C)[C@H]3C(=O)C=C4[C@@H]5C[C@@](C)(C(=O)O)CC[C@]5(C)CC[C@@]4(C)[C@]3(C)CC[C@@H]12. The van der Waals surface area contributed by atoms with E-state index in [0.29, 0.717) is 12.8 Å². The summed E-state index contributed by atoms with van der Waals surface area (Å²) >= 11 is 0. The fourth-order valence-electron chi connectivity index (χ4n) is 11.3. The molecule has 4 nitrogen and oxygen atoms in total. The topological polar surface area (TPSA) is 74.6 Å². The molecule has 41 heavy (non-hydrogen) atoms. The van der Waals surface area contributed by atoms with Crippen molar-refractivity contribution in [1.82, 2.24) is 0 Å². The zero-order chi connectivity index (χ0) is 29.8. The van der Waals surface area contributed by atoms with Gasteiger partial charge in [-0.2, -0.15) is 0 Å². The van der Waals surface area contributed by atoms with E-state index in [1.165, 1.54) is 5.57 Å². The Morgan fingerprint density at radius 3 is 2.24 bits per heavy atom. The number of fused-ring (bicyclic) bond motifs is 7. The molecule has 4 heteroatoms. The molecule has 9 atom stereocenters. The maximum absolute atomic E-state index is 14.6. The van der Waals surface area contributed by atoms with Crippen LogP contribution >= 0.6 is 0 Å². The van der Waals surface area contributed by atoms with Crippen LogP contribution in [0.4, 0.5) is 0 Å². The summed E-state index contributed by atoms with van der Waals surface area (Å²) in [6, 6.07) is 10.2. The van der Waals surface area contributed by atoms with Crippen molar-refractivity contribution in [1.29, 1.82) is 0 Å². The highest BCUT2D eigenvalue weighted by Crippen LogP contribution is 2.75. The van der Waals surface area contributed by atoms with Crippen LogP contribution in [0.2, 0.25) is 0 Å². The molecule has 0 spiro atoms. The van der Waals surface area contributed by atoms with Crippen molar-refractivity contribution in [3.05, 3.63) is 53.1 Å². The van der Waals surface area contributed by atoms with Crippen molar-refractivity contribution in [2.24, 2.45) is 50.2 Å². The number of aliphatic hydroxyl groups is 1. The third-order valence-corrected chi connectivity index (χ3v) is 14.0. The fraction of sp³-hybridized carbons (Fsp3) is 0.676. The first-order chi connectivity index (χ1) is 19.0. The monoisotopic (exact) mass is 558 g/mol. The second-order valence-corrected chi connectivity index (χ2v) is 16.6. The van der Waals surface area contributed by atoms with Gasteiger partial charge in [0.15, 0.2) is 5.78 Å². The Bertz CT molecular complexity index is 1340. The number of carbonyl (C=O) groups excluding carboxylic acids is 1. The van der Waals surface area contributed by atoms with Crippen molar-refractivity contribution in [2.75, 3.05) is 0 Å². The molecular weight excluding hydrogens is 508 g/mol. The number of hydrogen-bond donors (Lipinski definition) is 2. The van der Waals surface area contributed by atoms with Gasteiger partial charge in [0.05, 0.1) is 11.5 Å². The number of aliphatic carboxylic acids is 1. The van der Waals surface area contributed by atoms with E-state index in [1.54, 1.807) is 0 Å². The standard InChI is InChI=1S/C37H50O4/c1-32(2)28-13-14-37(7)29(35(28,5)21-24(30(32)39)19-23-11-9-8-10-12-23)27(38)20-25-26-22-34(4,31(40)41)16-15-33(26,3)17-18-36(25,37)6/h8-12,19-20,26,28-30,39H,13-18,21-22H2,1-7H3,(H,40,41)/b24-19+/t26-,28-,29+,30-,33+,34-,35-,36+,37+/m0/s1.